The summed E-state index contributed by atoms with van der Waals surface area (Å²) < 4.78 is 49.3. The number of nitrogens with two attached hydrogens (primary N) is 1. The summed E-state index contributed by atoms with van der Waals surface area (Å²) in [5.74, 6) is -1.50. The summed E-state index contributed by atoms with van der Waals surface area (Å²) in [4.78, 5) is 46.6. The molecular formula is C35H37ClFN5O6S. The van der Waals surface area contributed by atoms with Crippen molar-refractivity contribution in [3.8, 4) is 11.5 Å². The summed E-state index contributed by atoms with van der Waals surface area (Å²) in [6, 6.07) is 12.4. The molecule has 3 aromatic carbocycles. The Balaban J connectivity index is 1.39. The number of aromatic nitrogens is 1. The van der Waals surface area contributed by atoms with Crippen molar-refractivity contribution < 1.29 is 31.9 Å². The van der Waals surface area contributed by atoms with Crippen LogP contribution in [0.4, 0.5) is 9.18 Å². The minimum atomic E-state index is -4.71. The van der Waals surface area contributed by atoms with Gasteiger partial charge in [0.2, 0.25) is 0 Å². The maximum absolute atomic E-state index is 14.5. The molecule has 1 saturated heterocycles. The van der Waals surface area contributed by atoms with E-state index in [1.54, 1.807) is 6.20 Å². The van der Waals surface area contributed by atoms with Crippen LogP contribution in [-0.2, 0) is 21.2 Å². The average molecular weight is 710 g/mol. The summed E-state index contributed by atoms with van der Waals surface area (Å²) >= 11 is 5.91. The summed E-state index contributed by atoms with van der Waals surface area (Å²) in [6.07, 6.45) is 5.07. The van der Waals surface area contributed by atoms with Gasteiger partial charge in [-0.3, -0.25) is 14.5 Å². The molecule has 0 bridgehead atoms. The number of benzene rings is 3. The Hall–Kier alpha value is -4.46. The van der Waals surface area contributed by atoms with Gasteiger partial charge in [0, 0.05) is 50.2 Å². The number of fused-ring (bicyclic) bond motifs is 1. The highest BCUT2D eigenvalue weighted by atomic mass is 35.5. The number of aromatic amines is 1. The highest BCUT2D eigenvalue weighted by molar-refractivity contribution is 7.89. The number of urea groups is 1. The number of sulfonamides is 1. The zero-order valence-electron chi connectivity index (χ0n) is 27.1. The predicted molar refractivity (Wildman–Crippen MR) is 182 cm³/mol. The van der Waals surface area contributed by atoms with Crippen molar-refractivity contribution in [1.29, 1.82) is 0 Å². The molecule has 2 fully saturated rings. The number of hydrogen-bond acceptors (Lipinski definition) is 7. The van der Waals surface area contributed by atoms with Gasteiger partial charge >= 0.3 is 6.03 Å². The van der Waals surface area contributed by atoms with Crippen LogP contribution in [0.25, 0.3) is 10.9 Å². The molecule has 14 heteroatoms. The monoisotopic (exact) mass is 709 g/mol. The Kier molecular flexibility index (Phi) is 9.70. The van der Waals surface area contributed by atoms with Crippen LogP contribution in [0.1, 0.15) is 41.6 Å². The number of halogens is 2. The van der Waals surface area contributed by atoms with Crippen LogP contribution < -0.4 is 10.5 Å². The van der Waals surface area contributed by atoms with Crippen LogP contribution in [0.15, 0.2) is 71.8 Å². The zero-order valence-corrected chi connectivity index (χ0v) is 28.6. The lowest BCUT2D eigenvalue weighted by Crippen LogP contribution is -2.42. The number of rotatable bonds is 10. The first-order valence-electron chi connectivity index (χ1n) is 16.0. The van der Waals surface area contributed by atoms with E-state index in [1.165, 1.54) is 43.3 Å². The van der Waals surface area contributed by atoms with Gasteiger partial charge in [0.25, 0.3) is 21.8 Å². The Morgan fingerprint density at radius 3 is 2.57 bits per heavy atom. The quantitative estimate of drug-likeness (QED) is 0.199. The molecule has 4 aromatic rings. The van der Waals surface area contributed by atoms with E-state index in [0.717, 1.165) is 53.6 Å². The molecule has 2 heterocycles. The molecule has 3 unspecified atom stereocenters. The number of amides is 4. The van der Waals surface area contributed by atoms with E-state index in [1.807, 2.05) is 24.3 Å². The van der Waals surface area contributed by atoms with E-state index in [-0.39, 0.29) is 51.8 Å². The van der Waals surface area contributed by atoms with Crippen LogP contribution in [0, 0.1) is 17.7 Å². The van der Waals surface area contributed by atoms with Gasteiger partial charge < -0.3 is 20.4 Å². The predicted octanol–water partition coefficient (Wildman–Crippen LogP) is 5.78. The Bertz CT molecular complexity index is 2040. The lowest BCUT2D eigenvalue weighted by atomic mass is 9.81. The summed E-state index contributed by atoms with van der Waals surface area (Å²) in [5, 5.41) is 0.602. The molecule has 0 spiro atoms. The summed E-state index contributed by atoms with van der Waals surface area (Å²) in [7, 11) is -1.73. The first-order valence-corrected chi connectivity index (χ1v) is 17.8. The third-order valence-electron chi connectivity index (χ3n) is 9.27. The zero-order chi connectivity index (χ0) is 35.0. The number of carbonyl (C=O) groups is 3. The molecule has 11 nitrogen and oxygen atoms in total. The van der Waals surface area contributed by atoms with Crippen molar-refractivity contribution in [1.82, 2.24) is 19.1 Å². The molecule has 3 N–H and O–H groups in total. The fourth-order valence-corrected chi connectivity index (χ4v) is 8.44. The van der Waals surface area contributed by atoms with Crippen molar-refractivity contribution in [2.45, 2.75) is 43.0 Å². The number of carbonyl (C=O) groups excluding carboxylic acids is 3. The number of nitrogens with zero attached hydrogens (tertiary/aromatic N) is 3. The van der Waals surface area contributed by atoms with E-state index < -0.39 is 39.7 Å². The SMILES string of the molecule is CN(C)C(=O)c1cc(S(=O)(=O)N2C(=O)N(CC3CCCC(CN)C3)C(=O)C2Cc2c[nH]c3ccccc23)ccc1Oc1ccc(F)c(Cl)c1. The summed E-state index contributed by atoms with van der Waals surface area (Å²) in [5.41, 5.74) is 7.29. The number of hydrogen-bond donors (Lipinski definition) is 2. The fourth-order valence-electron chi connectivity index (χ4n) is 6.73. The maximum atomic E-state index is 14.5. The van der Waals surface area contributed by atoms with Gasteiger partial charge in [0.15, 0.2) is 0 Å². The van der Waals surface area contributed by atoms with E-state index in [9.17, 15) is 27.2 Å². The normalized spacial score (nSPS) is 19.9. The minimum Gasteiger partial charge on any atom is -0.456 e. The number of para-hydroxylation sites is 1. The Morgan fingerprint density at radius 1 is 1.08 bits per heavy atom. The number of ether oxygens (including phenoxy) is 1. The Labute approximate surface area is 288 Å². The topological polar surface area (TPSA) is 146 Å². The van der Waals surface area contributed by atoms with Crippen LogP contribution in [-0.4, -0.2) is 78.6 Å². The van der Waals surface area contributed by atoms with Crippen molar-refractivity contribution in [3.63, 3.8) is 0 Å². The molecule has 258 valence electrons. The molecule has 4 amide bonds. The number of H-pyrrole nitrogens is 1. The van der Waals surface area contributed by atoms with Gasteiger partial charge in [-0.25, -0.2) is 21.9 Å². The van der Waals surface area contributed by atoms with Gasteiger partial charge in [-0.1, -0.05) is 36.2 Å². The van der Waals surface area contributed by atoms with Gasteiger partial charge in [0.1, 0.15) is 23.4 Å². The molecule has 1 aromatic heterocycles. The van der Waals surface area contributed by atoms with Crippen molar-refractivity contribution >= 4 is 50.4 Å². The van der Waals surface area contributed by atoms with E-state index in [4.69, 9.17) is 22.1 Å². The molecule has 2 aliphatic rings. The molecule has 6 rings (SSSR count). The standard InChI is InChI=1S/C35H37ClFN5O6S/c1-40(2)33(43)27-17-25(11-13-32(27)48-24-10-12-29(37)28(36)16-24)49(46,47)42-31(15-23-19-39-30-9-4-3-8-26(23)30)34(44)41(35(42)45)20-22-7-5-6-21(14-22)18-38/h3-4,8-13,16-17,19,21-22,31,39H,5-7,14-15,18,20,38H2,1-2H3. The fraction of sp³-hybridized carbons (Fsp3) is 0.343. The molecule has 1 saturated carbocycles. The lowest BCUT2D eigenvalue weighted by molar-refractivity contribution is -0.128. The van der Waals surface area contributed by atoms with Gasteiger partial charge in [-0.05, 0) is 79.6 Å². The van der Waals surface area contributed by atoms with Crippen molar-refractivity contribution in [2.75, 3.05) is 27.2 Å². The maximum Gasteiger partial charge on any atom is 0.341 e. The number of nitrogens with one attached hydrogen (secondary N) is 1. The molecule has 1 aliphatic heterocycles. The molecule has 1 aliphatic carbocycles. The summed E-state index contributed by atoms with van der Waals surface area (Å²) in [6.45, 7) is 0.589. The third kappa shape index (κ3) is 6.75. The molecule has 49 heavy (non-hydrogen) atoms. The largest absolute Gasteiger partial charge is 0.456 e. The highest BCUT2D eigenvalue weighted by Crippen LogP contribution is 2.36. The van der Waals surface area contributed by atoms with Crippen LogP contribution in [0.5, 0.6) is 11.5 Å². The second-order valence-corrected chi connectivity index (χ2v) is 15.0. The third-order valence-corrected chi connectivity index (χ3v) is 11.3. The smallest absolute Gasteiger partial charge is 0.341 e. The molecule has 0 radical (unpaired) electrons. The van der Waals surface area contributed by atoms with Gasteiger partial charge in [-0.2, -0.15) is 0 Å². The van der Waals surface area contributed by atoms with Crippen LogP contribution >= 0.6 is 11.6 Å². The Morgan fingerprint density at radius 2 is 1.84 bits per heavy atom. The lowest BCUT2D eigenvalue weighted by Gasteiger charge is -2.30. The average Bonchev–Trinajstić information content (AvgIpc) is 3.60. The number of imide groups is 1. The van der Waals surface area contributed by atoms with E-state index >= 15 is 0 Å². The van der Waals surface area contributed by atoms with Gasteiger partial charge in [0.05, 0.1) is 15.5 Å². The second-order valence-electron chi connectivity index (χ2n) is 12.8. The van der Waals surface area contributed by atoms with Gasteiger partial charge in [-0.15, -0.1) is 0 Å². The molecular weight excluding hydrogens is 673 g/mol. The highest BCUT2D eigenvalue weighted by Gasteiger charge is 2.52. The van der Waals surface area contributed by atoms with E-state index in [0.29, 0.717) is 16.4 Å². The first-order chi connectivity index (χ1) is 23.4. The van der Waals surface area contributed by atoms with Crippen LogP contribution in [0.2, 0.25) is 5.02 Å². The van der Waals surface area contributed by atoms with Crippen molar-refractivity contribution in [2.24, 2.45) is 17.6 Å². The van der Waals surface area contributed by atoms with E-state index in [2.05, 4.69) is 4.98 Å². The first kappa shape index (κ1) is 34.4. The minimum absolute atomic E-state index is 0.00712. The van der Waals surface area contributed by atoms with Crippen LogP contribution in [0.3, 0.4) is 0 Å². The molecule has 3 atom stereocenters. The van der Waals surface area contributed by atoms with Crippen molar-refractivity contribution in [3.05, 3.63) is 88.8 Å². The second kappa shape index (κ2) is 13.8.